The molecule has 0 bridgehead atoms. The highest BCUT2D eigenvalue weighted by Gasteiger charge is 2.24. The molecule has 3 aromatic rings. The molecule has 1 aliphatic heterocycles. The maximum Gasteiger partial charge on any atom is 0.254 e. The fourth-order valence-corrected chi connectivity index (χ4v) is 3.11. The van der Waals surface area contributed by atoms with Crippen LogP contribution in [0.4, 0.5) is 5.82 Å². The Kier molecular flexibility index (Phi) is 3.60. The molecule has 0 unspecified atom stereocenters. The van der Waals surface area contributed by atoms with Crippen molar-refractivity contribution in [1.82, 2.24) is 25.1 Å². The summed E-state index contributed by atoms with van der Waals surface area (Å²) in [5.74, 6) is 0.973. The number of amides is 1. The number of nitrogens with zero attached hydrogens (tertiary/aromatic N) is 5. The van der Waals surface area contributed by atoms with Crippen LogP contribution in [-0.4, -0.2) is 57.2 Å². The topological polar surface area (TPSA) is 78.0 Å². The summed E-state index contributed by atoms with van der Waals surface area (Å²) in [7, 11) is 0. The number of carbonyl (C=O) groups excluding carboxylic acids is 1. The average Bonchev–Trinajstić information content (AvgIpc) is 3.10. The Morgan fingerprint density at radius 3 is 2.71 bits per heavy atom. The van der Waals surface area contributed by atoms with Crippen LogP contribution in [0.2, 0.25) is 0 Å². The van der Waals surface area contributed by atoms with Crippen molar-refractivity contribution >= 4 is 22.8 Å². The molecule has 4 rings (SSSR count). The summed E-state index contributed by atoms with van der Waals surface area (Å²) in [5.41, 5.74) is 2.53. The van der Waals surface area contributed by atoms with Gasteiger partial charge in [-0.25, -0.2) is 9.97 Å². The van der Waals surface area contributed by atoms with E-state index in [4.69, 9.17) is 0 Å². The van der Waals surface area contributed by atoms with Gasteiger partial charge in [0.05, 0.1) is 11.6 Å². The fraction of sp³-hybridized carbons (Fsp3) is 0.294. The van der Waals surface area contributed by atoms with Crippen molar-refractivity contribution in [3.63, 3.8) is 0 Å². The normalized spacial score (nSPS) is 15.0. The number of aromatic nitrogens is 4. The van der Waals surface area contributed by atoms with Crippen molar-refractivity contribution in [2.45, 2.75) is 6.92 Å². The number of hydrogen-bond acceptors (Lipinski definition) is 5. The number of carbonyl (C=O) groups is 1. The molecular weight excluding hydrogens is 304 g/mol. The van der Waals surface area contributed by atoms with Gasteiger partial charge in [-0.1, -0.05) is 18.2 Å². The highest BCUT2D eigenvalue weighted by molar-refractivity contribution is 5.96. The predicted molar refractivity (Wildman–Crippen MR) is 91.0 cm³/mol. The number of nitrogens with one attached hydrogen (secondary N) is 1. The van der Waals surface area contributed by atoms with Crippen molar-refractivity contribution in [3.05, 3.63) is 47.9 Å². The van der Waals surface area contributed by atoms with E-state index in [-0.39, 0.29) is 5.91 Å². The number of piperazine rings is 1. The second-order valence-electron chi connectivity index (χ2n) is 5.92. The first-order valence-corrected chi connectivity index (χ1v) is 7.98. The van der Waals surface area contributed by atoms with Gasteiger partial charge in [-0.05, 0) is 18.6 Å². The molecule has 122 valence electrons. The highest BCUT2D eigenvalue weighted by Crippen LogP contribution is 2.22. The van der Waals surface area contributed by atoms with Crippen molar-refractivity contribution in [3.8, 4) is 0 Å². The zero-order chi connectivity index (χ0) is 16.5. The van der Waals surface area contributed by atoms with Gasteiger partial charge in [0.1, 0.15) is 12.1 Å². The van der Waals surface area contributed by atoms with Gasteiger partial charge in [0.25, 0.3) is 5.91 Å². The number of aromatic amines is 1. The molecule has 1 N–H and O–H groups in total. The minimum Gasteiger partial charge on any atom is -0.352 e. The molecule has 1 fully saturated rings. The van der Waals surface area contributed by atoms with Gasteiger partial charge < -0.3 is 9.80 Å². The van der Waals surface area contributed by atoms with Crippen LogP contribution in [0.25, 0.3) is 11.0 Å². The molecule has 1 saturated heterocycles. The second kappa shape index (κ2) is 5.92. The van der Waals surface area contributed by atoms with Gasteiger partial charge in [-0.2, -0.15) is 5.10 Å². The van der Waals surface area contributed by atoms with E-state index in [0.29, 0.717) is 13.1 Å². The Balaban J connectivity index is 1.50. The standard InChI is InChI=1S/C17H18N6O/c1-12-4-2-3-5-13(12)17(24)23-8-6-22(7-9-23)16-14-10-20-21-15(14)18-11-19-16/h2-5,10-11H,6-9H2,1H3,(H,18,19,20,21). The average molecular weight is 322 g/mol. The zero-order valence-electron chi connectivity index (χ0n) is 13.4. The monoisotopic (exact) mass is 322 g/mol. The largest absolute Gasteiger partial charge is 0.352 e. The summed E-state index contributed by atoms with van der Waals surface area (Å²) in [6, 6.07) is 7.73. The third kappa shape index (κ3) is 2.47. The minimum absolute atomic E-state index is 0.101. The highest BCUT2D eigenvalue weighted by atomic mass is 16.2. The Morgan fingerprint density at radius 1 is 1.12 bits per heavy atom. The third-order valence-corrected chi connectivity index (χ3v) is 4.47. The van der Waals surface area contributed by atoms with Gasteiger partial charge in [-0.15, -0.1) is 0 Å². The van der Waals surface area contributed by atoms with Gasteiger partial charge >= 0.3 is 0 Å². The van der Waals surface area contributed by atoms with Crippen molar-refractivity contribution in [2.75, 3.05) is 31.1 Å². The summed E-state index contributed by atoms with van der Waals surface area (Å²) in [6.07, 6.45) is 3.29. The van der Waals surface area contributed by atoms with Gasteiger partial charge in [0.2, 0.25) is 0 Å². The number of hydrogen-bond donors (Lipinski definition) is 1. The summed E-state index contributed by atoms with van der Waals surface area (Å²) in [4.78, 5) is 25.4. The lowest BCUT2D eigenvalue weighted by atomic mass is 10.1. The summed E-state index contributed by atoms with van der Waals surface area (Å²) in [6.45, 7) is 4.82. The van der Waals surface area contributed by atoms with E-state index in [0.717, 1.165) is 41.1 Å². The second-order valence-corrected chi connectivity index (χ2v) is 5.92. The molecule has 0 atom stereocenters. The molecule has 24 heavy (non-hydrogen) atoms. The molecule has 7 nitrogen and oxygen atoms in total. The van der Waals surface area contributed by atoms with E-state index in [9.17, 15) is 4.79 Å². The molecule has 0 aliphatic carbocycles. The lowest BCUT2D eigenvalue weighted by Crippen LogP contribution is -2.49. The Labute approximate surface area is 139 Å². The molecule has 0 saturated carbocycles. The first kappa shape index (κ1) is 14.6. The van der Waals surface area contributed by atoms with Crippen LogP contribution in [0, 0.1) is 6.92 Å². The van der Waals surface area contributed by atoms with E-state index in [2.05, 4.69) is 25.1 Å². The van der Waals surface area contributed by atoms with E-state index in [1.165, 1.54) is 0 Å². The van der Waals surface area contributed by atoms with Crippen molar-refractivity contribution < 1.29 is 4.79 Å². The van der Waals surface area contributed by atoms with Gasteiger partial charge in [0.15, 0.2) is 5.65 Å². The van der Waals surface area contributed by atoms with Crippen LogP contribution in [0.3, 0.4) is 0 Å². The summed E-state index contributed by atoms with van der Waals surface area (Å²) < 4.78 is 0. The van der Waals surface area contributed by atoms with Crippen LogP contribution >= 0.6 is 0 Å². The van der Waals surface area contributed by atoms with Crippen molar-refractivity contribution in [1.29, 1.82) is 0 Å². The van der Waals surface area contributed by atoms with Gasteiger partial charge in [-0.3, -0.25) is 9.89 Å². The number of H-pyrrole nitrogens is 1. The van der Waals surface area contributed by atoms with Crippen LogP contribution in [-0.2, 0) is 0 Å². The first-order chi connectivity index (χ1) is 11.7. The first-order valence-electron chi connectivity index (χ1n) is 7.98. The maximum atomic E-state index is 12.7. The third-order valence-electron chi connectivity index (χ3n) is 4.47. The SMILES string of the molecule is Cc1ccccc1C(=O)N1CCN(c2ncnc3[nH]ncc23)CC1. The molecule has 1 amide bonds. The molecule has 7 heteroatoms. The Morgan fingerprint density at radius 2 is 1.92 bits per heavy atom. The van der Waals surface area contributed by atoms with Crippen molar-refractivity contribution in [2.24, 2.45) is 0 Å². The number of fused-ring (bicyclic) bond motifs is 1. The molecular formula is C17H18N6O. The smallest absolute Gasteiger partial charge is 0.254 e. The number of anilines is 1. The summed E-state index contributed by atoms with van der Waals surface area (Å²) in [5, 5.41) is 7.81. The number of benzene rings is 1. The molecule has 0 spiro atoms. The minimum atomic E-state index is 0.101. The predicted octanol–water partition coefficient (Wildman–Crippen LogP) is 1.62. The lowest BCUT2D eigenvalue weighted by molar-refractivity contribution is 0.0746. The quantitative estimate of drug-likeness (QED) is 0.776. The van der Waals surface area contributed by atoms with Crippen LogP contribution < -0.4 is 4.90 Å². The van der Waals surface area contributed by atoms with E-state index in [1.807, 2.05) is 36.1 Å². The summed E-state index contributed by atoms with van der Waals surface area (Å²) >= 11 is 0. The molecule has 1 aliphatic rings. The maximum absolute atomic E-state index is 12.7. The fourth-order valence-electron chi connectivity index (χ4n) is 3.11. The Bertz CT molecular complexity index is 881. The Hall–Kier alpha value is -2.96. The van der Waals surface area contributed by atoms with Gasteiger partial charge in [0, 0.05) is 31.7 Å². The number of aryl methyl sites for hydroxylation is 1. The molecule has 3 heterocycles. The molecule has 0 radical (unpaired) electrons. The van der Waals surface area contributed by atoms with E-state index < -0.39 is 0 Å². The van der Waals surface area contributed by atoms with Crippen LogP contribution in [0.5, 0.6) is 0 Å². The van der Waals surface area contributed by atoms with E-state index in [1.54, 1.807) is 12.5 Å². The lowest BCUT2D eigenvalue weighted by Gasteiger charge is -2.35. The zero-order valence-corrected chi connectivity index (χ0v) is 13.4. The van der Waals surface area contributed by atoms with Crippen LogP contribution in [0.1, 0.15) is 15.9 Å². The van der Waals surface area contributed by atoms with Crippen LogP contribution in [0.15, 0.2) is 36.8 Å². The number of rotatable bonds is 2. The molecule has 2 aromatic heterocycles. The molecule has 1 aromatic carbocycles. The van der Waals surface area contributed by atoms with E-state index >= 15 is 0 Å².